The highest BCUT2D eigenvalue weighted by atomic mass is 79.9. The Labute approximate surface area is 80.7 Å². The number of halogens is 1. The molecule has 0 saturated carbocycles. The van der Waals surface area contributed by atoms with E-state index in [0.29, 0.717) is 5.75 Å². The van der Waals surface area contributed by atoms with Gasteiger partial charge < -0.3 is 10.4 Å². The number of aromatic hydroxyl groups is 1. The molecule has 0 fully saturated rings. The molecule has 0 spiro atoms. The van der Waals surface area contributed by atoms with E-state index in [0.717, 1.165) is 23.1 Å². The lowest BCUT2D eigenvalue weighted by Gasteiger charge is -2.04. The van der Waals surface area contributed by atoms with Crippen molar-refractivity contribution >= 4 is 15.9 Å². The molecule has 1 aromatic carbocycles. The number of phenolic OH excluding ortho intramolecular Hbond substituents is 1. The maximum absolute atomic E-state index is 9.19. The maximum Gasteiger partial charge on any atom is 0.115 e. The predicted molar refractivity (Wildman–Crippen MR) is 53.2 cm³/mol. The molecule has 3 heteroatoms. The molecule has 0 amide bonds. The first kappa shape index (κ1) is 9.55. The van der Waals surface area contributed by atoms with Crippen molar-refractivity contribution in [2.24, 2.45) is 0 Å². The minimum atomic E-state index is 0.311. The zero-order chi connectivity index (χ0) is 8.97. The summed E-state index contributed by atoms with van der Waals surface area (Å²) in [6.07, 6.45) is 0. The summed E-state index contributed by atoms with van der Waals surface area (Å²) in [6, 6.07) is 5.27. The Balaban J connectivity index is 2.75. The summed E-state index contributed by atoms with van der Waals surface area (Å²) in [5.41, 5.74) is 1.08. The van der Waals surface area contributed by atoms with Gasteiger partial charge in [0.15, 0.2) is 0 Å². The number of hydrogen-bond donors (Lipinski definition) is 2. The summed E-state index contributed by atoms with van der Waals surface area (Å²) in [5.74, 6) is 0.311. The normalized spacial score (nSPS) is 10.2. The zero-order valence-electron chi connectivity index (χ0n) is 6.97. The van der Waals surface area contributed by atoms with Crippen LogP contribution in [-0.2, 0) is 6.54 Å². The monoisotopic (exact) mass is 229 g/mol. The maximum atomic E-state index is 9.19. The number of rotatable bonds is 3. The van der Waals surface area contributed by atoms with Gasteiger partial charge in [0.25, 0.3) is 0 Å². The Bertz CT molecular complexity index is 263. The topological polar surface area (TPSA) is 32.3 Å². The van der Waals surface area contributed by atoms with Crippen LogP contribution in [0.4, 0.5) is 0 Å². The second-order valence-corrected chi connectivity index (χ2v) is 3.41. The Hall–Kier alpha value is -0.540. The molecule has 0 aliphatic heterocycles. The van der Waals surface area contributed by atoms with Crippen molar-refractivity contribution in [1.82, 2.24) is 5.32 Å². The molecular formula is C9H12BrNO. The average Bonchev–Trinajstić information content (AvgIpc) is 2.07. The fourth-order valence-corrected chi connectivity index (χ4v) is 1.34. The van der Waals surface area contributed by atoms with Crippen LogP contribution in [0.25, 0.3) is 0 Å². The Morgan fingerprint density at radius 2 is 2.25 bits per heavy atom. The number of hydrogen-bond acceptors (Lipinski definition) is 2. The van der Waals surface area contributed by atoms with Crippen molar-refractivity contribution in [3.05, 3.63) is 28.2 Å². The summed E-state index contributed by atoms with van der Waals surface area (Å²) in [7, 11) is 0. The van der Waals surface area contributed by atoms with Crippen LogP contribution >= 0.6 is 15.9 Å². The molecule has 1 rings (SSSR count). The van der Waals surface area contributed by atoms with Gasteiger partial charge in [0, 0.05) is 11.0 Å². The van der Waals surface area contributed by atoms with Crippen molar-refractivity contribution in [2.45, 2.75) is 13.5 Å². The fraction of sp³-hybridized carbons (Fsp3) is 0.333. The van der Waals surface area contributed by atoms with Gasteiger partial charge in [-0.1, -0.05) is 22.9 Å². The highest BCUT2D eigenvalue weighted by molar-refractivity contribution is 9.10. The second-order valence-electron chi connectivity index (χ2n) is 2.56. The molecule has 0 aromatic heterocycles. The molecule has 1 aromatic rings. The molecule has 0 atom stereocenters. The molecule has 0 bridgehead atoms. The molecule has 0 unspecified atom stereocenters. The number of nitrogens with one attached hydrogen (secondary N) is 1. The van der Waals surface area contributed by atoms with E-state index in [1.807, 2.05) is 6.07 Å². The van der Waals surface area contributed by atoms with E-state index in [1.165, 1.54) is 0 Å². The van der Waals surface area contributed by atoms with Crippen LogP contribution in [0.2, 0.25) is 0 Å². The molecule has 12 heavy (non-hydrogen) atoms. The third-order valence-electron chi connectivity index (χ3n) is 1.59. The molecule has 2 nitrogen and oxygen atoms in total. The van der Waals surface area contributed by atoms with Gasteiger partial charge in [-0.05, 0) is 30.3 Å². The third kappa shape index (κ3) is 2.50. The van der Waals surface area contributed by atoms with Crippen LogP contribution in [0, 0.1) is 0 Å². The first-order valence-electron chi connectivity index (χ1n) is 3.92. The van der Waals surface area contributed by atoms with Gasteiger partial charge in [-0.15, -0.1) is 0 Å². The van der Waals surface area contributed by atoms with Gasteiger partial charge in [0.2, 0.25) is 0 Å². The highest BCUT2D eigenvalue weighted by Gasteiger charge is 1.99. The summed E-state index contributed by atoms with van der Waals surface area (Å²) in [5, 5.41) is 12.4. The molecule has 0 saturated heterocycles. The van der Waals surface area contributed by atoms with Gasteiger partial charge in [-0.2, -0.15) is 0 Å². The first-order chi connectivity index (χ1) is 5.74. The average molecular weight is 230 g/mol. The summed E-state index contributed by atoms with van der Waals surface area (Å²) >= 11 is 3.41. The van der Waals surface area contributed by atoms with Crippen molar-refractivity contribution in [3.63, 3.8) is 0 Å². The Morgan fingerprint density at radius 3 is 2.92 bits per heavy atom. The van der Waals surface area contributed by atoms with Gasteiger partial charge in [-0.25, -0.2) is 0 Å². The number of benzene rings is 1. The van der Waals surface area contributed by atoms with Crippen molar-refractivity contribution in [2.75, 3.05) is 6.54 Å². The van der Waals surface area contributed by atoms with Gasteiger partial charge in [0.05, 0.1) is 0 Å². The Morgan fingerprint density at radius 1 is 1.50 bits per heavy atom. The highest BCUT2D eigenvalue weighted by Crippen LogP contribution is 2.21. The lowest BCUT2D eigenvalue weighted by molar-refractivity contribution is 0.474. The van der Waals surface area contributed by atoms with E-state index in [4.69, 9.17) is 0 Å². The summed E-state index contributed by atoms with van der Waals surface area (Å²) < 4.78 is 1.03. The van der Waals surface area contributed by atoms with Gasteiger partial charge in [0.1, 0.15) is 5.75 Å². The largest absolute Gasteiger partial charge is 0.508 e. The molecule has 66 valence electrons. The third-order valence-corrected chi connectivity index (χ3v) is 2.37. The van der Waals surface area contributed by atoms with Crippen molar-refractivity contribution < 1.29 is 5.11 Å². The molecule has 0 aliphatic rings. The molecule has 2 N–H and O–H groups in total. The second kappa shape index (κ2) is 4.48. The van der Waals surface area contributed by atoms with E-state index in [2.05, 4.69) is 28.2 Å². The van der Waals surface area contributed by atoms with Crippen LogP contribution in [0.15, 0.2) is 22.7 Å². The van der Waals surface area contributed by atoms with Crippen LogP contribution in [-0.4, -0.2) is 11.7 Å². The molecular weight excluding hydrogens is 218 g/mol. The van der Waals surface area contributed by atoms with E-state index >= 15 is 0 Å². The predicted octanol–water partition coefficient (Wildman–Crippen LogP) is 2.26. The number of phenols is 1. The molecule has 0 radical (unpaired) electrons. The fourth-order valence-electron chi connectivity index (χ4n) is 0.956. The van der Waals surface area contributed by atoms with E-state index in [-0.39, 0.29) is 0 Å². The Kier molecular flexibility index (Phi) is 3.56. The van der Waals surface area contributed by atoms with Crippen molar-refractivity contribution in [3.8, 4) is 5.75 Å². The molecule has 0 heterocycles. The van der Waals surface area contributed by atoms with E-state index in [1.54, 1.807) is 12.1 Å². The smallest absolute Gasteiger partial charge is 0.115 e. The first-order valence-corrected chi connectivity index (χ1v) is 4.71. The lowest BCUT2D eigenvalue weighted by atomic mass is 10.2. The van der Waals surface area contributed by atoms with E-state index in [9.17, 15) is 5.11 Å². The summed E-state index contributed by atoms with van der Waals surface area (Å²) in [6.45, 7) is 3.77. The van der Waals surface area contributed by atoms with Crippen LogP contribution in [0.1, 0.15) is 12.5 Å². The van der Waals surface area contributed by atoms with Gasteiger partial charge in [-0.3, -0.25) is 0 Å². The summed E-state index contributed by atoms with van der Waals surface area (Å²) in [4.78, 5) is 0. The minimum absolute atomic E-state index is 0.311. The van der Waals surface area contributed by atoms with Gasteiger partial charge >= 0.3 is 0 Å². The zero-order valence-corrected chi connectivity index (χ0v) is 8.56. The minimum Gasteiger partial charge on any atom is -0.508 e. The van der Waals surface area contributed by atoms with E-state index < -0.39 is 0 Å². The van der Waals surface area contributed by atoms with Crippen LogP contribution in [0.5, 0.6) is 5.75 Å². The molecule has 0 aliphatic carbocycles. The standard InChI is InChI=1S/C9H12BrNO/c1-2-11-6-7-5-8(12)3-4-9(7)10/h3-5,11-12H,2,6H2,1H3. The lowest BCUT2D eigenvalue weighted by Crippen LogP contribution is -2.11. The van der Waals surface area contributed by atoms with Crippen molar-refractivity contribution in [1.29, 1.82) is 0 Å². The SMILES string of the molecule is CCNCc1cc(O)ccc1Br. The van der Waals surface area contributed by atoms with Crippen LogP contribution < -0.4 is 5.32 Å². The van der Waals surface area contributed by atoms with Crippen LogP contribution in [0.3, 0.4) is 0 Å². The quantitative estimate of drug-likeness (QED) is 0.834.